The van der Waals surface area contributed by atoms with Gasteiger partial charge in [-0.15, -0.1) is 0 Å². The second kappa shape index (κ2) is 23.5. The summed E-state index contributed by atoms with van der Waals surface area (Å²) in [5, 5.41) is 2.79. The van der Waals surface area contributed by atoms with E-state index in [0.29, 0.717) is 0 Å². The van der Waals surface area contributed by atoms with E-state index in [1.165, 1.54) is 33.0 Å². The topological polar surface area (TPSA) is 9.72 Å². The molecule has 1 aliphatic carbocycles. The van der Waals surface area contributed by atoms with Crippen molar-refractivity contribution in [1.82, 2.24) is 14.7 Å². The molecule has 0 aromatic heterocycles. The lowest BCUT2D eigenvalue weighted by atomic mass is 9.84. The third kappa shape index (κ3) is 17.0. The van der Waals surface area contributed by atoms with E-state index in [9.17, 15) is 0 Å². The van der Waals surface area contributed by atoms with Crippen molar-refractivity contribution in [3.05, 3.63) is 71.8 Å². The number of hydrogen-bond donors (Lipinski definition) is 0. The minimum absolute atomic E-state index is 1.06. The van der Waals surface area contributed by atoms with Gasteiger partial charge in [-0.2, -0.15) is 0 Å². The highest BCUT2D eigenvalue weighted by Crippen LogP contribution is 2.38. The van der Waals surface area contributed by atoms with Gasteiger partial charge in [-0.3, -0.25) is 0 Å². The molecule has 0 saturated carbocycles. The van der Waals surface area contributed by atoms with Gasteiger partial charge in [0.25, 0.3) is 0 Å². The quantitative estimate of drug-likeness (QED) is 0.251. The van der Waals surface area contributed by atoms with Crippen LogP contribution in [0.3, 0.4) is 0 Å². The van der Waals surface area contributed by atoms with Crippen LogP contribution in [0.5, 0.6) is 0 Å². The molecule has 3 aromatic carbocycles. The van der Waals surface area contributed by atoms with Gasteiger partial charge in [0.15, 0.2) is 0 Å². The fourth-order valence-electron chi connectivity index (χ4n) is 2.93. The summed E-state index contributed by atoms with van der Waals surface area (Å²) in [5.41, 5.74) is 5.69. The Morgan fingerprint density at radius 2 is 0.771 bits per heavy atom. The van der Waals surface area contributed by atoms with Gasteiger partial charge in [0, 0.05) is 0 Å². The van der Waals surface area contributed by atoms with Gasteiger partial charge in [0.2, 0.25) is 0 Å². The lowest BCUT2D eigenvalue weighted by Crippen LogP contribution is -2.00. The third-order valence-electron chi connectivity index (χ3n) is 3.68. The summed E-state index contributed by atoms with van der Waals surface area (Å²) in [7, 11) is 18.0. The molecule has 1 aliphatic rings. The zero-order chi connectivity index (χ0) is 28.0. The van der Waals surface area contributed by atoms with Crippen LogP contribution in [-0.2, 0) is 6.42 Å². The van der Waals surface area contributed by atoms with Gasteiger partial charge in [-0.25, -0.2) is 0 Å². The molecule has 4 rings (SSSR count). The van der Waals surface area contributed by atoms with Crippen molar-refractivity contribution in [2.24, 2.45) is 0 Å². The number of hydrogen-bond acceptors (Lipinski definition) is 3. The van der Waals surface area contributed by atoms with Crippen LogP contribution in [0.1, 0.15) is 52.7 Å². The van der Waals surface area contributed by atoms with Crippen LogP contribution in [0.2, 0.25) is 0 Å². The van der Waals surface area contributed by atoms with Crippen molar-refractivity contribution in [3.63, 3.8) is 0 Å². The third-order valence-corrected chi connectivity index (χ3v) is 3.68. The molecule has 0 radical (unpaired) electrons. The molecular formula is C32H57N3. The summed E-state index contributed by atoms with van der Waals surface area (Å²) in [4.78, 5) is 6.00. The van der Waals surface area contributed by atoms with E-state index in [1.807, 2.05) is 120 Å². The average Bonchev–Trinajstić information content (AvgIpc) is 2.82. The maximum atomic E-state index is 2.25. The number of fused-ring (bicyclic) bond motifs is 2. The lowest BCUT2D eigenvalue weighted by Gasteiger charge is -2.20. The normalized spacial score (nSPS) is 9.66. The van der Waals surface area contributed by atoms with E-state index in [-0.39, 0.29) is 0 Å². The zero-order valence-corrected chi connectivity index (χ0v) is 25.8. The molecule has 0 aliphatic heterocycles. The molecule has 200 valence electrons. The van der Waals surface area contributed by atoms with Crippen LogP contribution in [0.25, 0.3) is 21.9 Å². The molecule has 0 amide bonds. The van der Waals surface area contributed by atoms with Crippen molar-refractivity contribution >= 4 is 10.8 Å². The number of benzene rings is 3. The molecule has 0 atom stereocenters. The molecule has 3 nitrogen and oxygen atoms in total. The highest BCUT2D eigenvalue weighted by Gasteiger charge is 2.16. The molecule has 0 bridgehead atoms. The fraction of sp³-hybridized carbons (Fsp3) is 0.500. The smallest absolute Gasteiger partial charge is 0.00132 e. The van der Waals surface area contributed by atoms with Gasteiger partial charge in [-0.1, -0.05) is 102 Å². The highest BCUT2D eigenvalue weighted by molar-refractivity contribution is 6.01. The Labute approximate surface area is 219 Å². The molecule has 0 N–H and O–H groups in total. The Morgan fingerprint density at radius 1 is 0.429 bits per heavy atom. The summed E-state index contributed by atoms with van der Waals surface area (Å²) >= 11 is 0. The molecule has 0 fully saturated rings. The van der Waals surface area contributed by atoms with E-state index in [0.717, 1.165) is 6.42 Å². The van der Waals surface area contributed by atoms with Crippen LogP contribution in [0.15, 0.2) is 60.7 Å². The van der Waals surface area contributed by atoms with Crippen molar-refractivity contribution < 1.29 is 0 Å². The number of rotatable bonds is 0. The van der Waals surface area contributed by atoms with E-state index in [1.54, 1.807) is 0 Å². The molecule has 0 unspecified atom stereocenters. The first kappa shape index (κ1) is 37.4. The van der Waals surface area contributed by atoms with E-state index >= 15 is 0 Å². The Balaban J connectivity index is -0.000000478. The first-order valence-electron chi connectivity index (χ1n) is 13.0. The van der Waals surface area contributed by atoms with Crippen molar-refractivity contribution in [2.75, 3.05) is 63.4 Å². The minimum Gasteiger partial charge on any atom is -0.312 e. The first-order valence-corrected chi connectivity index (χ1v) is 13.0. The van der Waals surface area contributed by atoms with Gasteiger partial charge in [0.05, 0.1) is 0 Å². The van der Waals surface area contributed by atoms with E-state index in [2.05, 4.69) is 60.7 Å². The molecule has 3 heteroatoms. The molecule has 3 aromatic rings. The van der Waals surface area contributed by atoms with Crippen molar-refractivity contribution in [1.29, 1.82) is 0 Å². The lowest BCUT2D eigenvalue weighted by molar-refractivity contribution is 0.505. The highest BCUT2D eigenvalue weighted by atomic mass is 15.0. The predicted molar refractivity (Wildman–Crippen MR) is 165 cm³/mol. The second-order valence-corrected chi connectivity index (χ2v) is 8.68. The summed E-state index contributed by atoms with van der Waals surface area (Å²) in [6.07, 6.45) is 1.06. The largest absolute Gasteiger partial charge is 0.312 e. The molecule has 0 saturated heterocycles. The second-order valence-electron chi connectivity index (χ2n) is 8.68. The van der Waals surface area contributed by atoms with Gasteiger partial charge >= 0.3 is 0 Å². The van der Waals surface area contributed by atoms with Crippen molar-refractivity contribution in [2.45, 2.75) is 48.0 Å². The van der Waals surface area contributed by atoms with Gasteiger partial charge in [-0.05, 0) is 103 Å². The number of nitrogens with zero attached hydrogens (tertiary/aromatic N) is 3. The fourth-order valence-corrected chi connectivity index (χ4v) is 2.93. The van der Waals surface area contributed by atoms with Crippen LogP contribution >= 0.6 is 0 Å². The zero-order valence-electron chi connectivity index (χ0n) is 25.8. The Hall–Kier alpha value is -2.20. The molecular weight excluding hydrogens is 426 g/mol. The monoisotopic (exact) mass is 483 g/mol. The summed E-state index contributed by atoms with van der Waals surface area (Å²) in [5.74, 6) is 0. The Bertz CT molecular complexity index is 840. The maximum Gasteiger partial charge on any atom is -0.00132 e. The van der Waals surface area contributed by atoms with E-state index in [4.69, 9.17) is 0 Å². The van der Waals surface area contributed by atoms with Gasteiger partial charge in [0.1, 0.15) is 0 Å². The van der Waals surface area contributed by atoms with Crippen LogP contribution < -0.4 is 0 Å². The van der Waals surface area contributed by atoms with Crippen LogP contribution in [0.4, 0.5) is 0 Å². The van der Waals surface area contributed by atoms with Crippen LogP contribution in [-0.4, -0.2) is 78.1 Å². The average molecular weight is 484 g/mol. The SMILES string of the molecule is CC.CC.CC.CN(C)C.CN(C)C.CN(C)C.c1ccc2c(c1)Cc1cccc3cccc-2c13. The first-order chi connectivity index (χ1) is 16.6. The maximum absolute atomic E-state index is 2.25. The molecule has 0 spiro atoms. The van der Waals surface area contributed by atoms with Crippen molar-refractivity contribution in [3.8, 4) is 11.1 Å². The Morgan fingerprint density at radius 3 is 1.23 bits per heavy atom. The minimum atomic E-state index is 1.06. The molecule has 35 heavy (non-hydrogen) atoms. The predicted octanol–water partition coefficient (Wildman–Crippen LogP) is 8.02. The Kier molecular flexibility index (Phi) is 25.1. The van der Waals surface area contributed by atoms with Gasteiger partial charge < -0.3 is 14.7 Å². The molecule has 0 heterocycles. The summed E-state index contributed by atoms with van der Waals surface area (Å²) in [6, 6.07) is 22.0. The standard InChI is InChI=1S/C17H12.3C3H9N.3C2H6/c1-2-9-15-13(5-1)11-14-8-3-6-12-7-4-10-16(15)17(12)14;3*1-4(2)3;3*1-2/h1-10H,11H2;3*1-3H3;3*1-2H3. The summed E-state index contributed by atoms with van der Waals surface area (Å²) in [6.45, 7) is 12.0. The van der Waals surface area contributed by atoms with E-state index < -0.39 is 0 Å². The van der Waals surface area contributed by atoms with Crippen LogP contribution in [0, 0.1) is 0 Å². The summed E-state index contributed by atoms with van der Waals surface area (Å²) < 4.78 is 0.